The molecule has 2 amide bonds. The number of halogens is 3. The molecule has 3 fully saturated rings. The van der Waals surface area contributed by atoms with Crippen LogP contribution in [0.15, 0.2) is 0 Å². The molecule has 0 radical (unpaired) electrons. The number of hydrogen-bond acceptors (Lipinski definition) is 7. The zero-order chi connectivity index (χ0) is 16.6. The van der Waals surface area contributed by atoms with Crippen LogP contribution >= 0.6 is 0 Å². The molecule has 1 aliphatic heterocycles. The Hall–Kier alpha value is -1.24. The fourth-order valence-electron chi connectivity index (χ4n) is 3.62. The Balaban J connectivity index is 1.89. The number of amides is 2. The average molecular weight is 345 g/mol. The van der Waals surface area contributed by atoms with Crippen LogP contribution in [0, 0.1) is 23.7 Å². The molecular formula is C10H10F3NO7S. The summed E-state index contributed by atoms with van der Waals surface area (Å²) in [6, 6.07) is 0. The molecule has 0 aromatic heterocycles. The number of alkyl halides is 3. The lowest BCUT2D eigenvalue weighted by atomic mass is 9.78. The highest BCUT2D eigenvalue weighted by atomic mass is 32.2. The fraction of sp³-hybridized carbons (Fsp3) is 0.800. The quantitative estimate of drug-likeness (QED) is 0.473. The minimum Gasteiger partial charge on any atom is -0.390 e. The molecule has 0 aromatic rings. The van der Waals surface area contributed by atoms with Gasteiger partial charge in [0.2, 0.25) is 0 Å². The maximum absolute atomic E-state index is 12.3. The number of rotatable bonds is 2. The Morgan fingerprint density at radius 1 is 1.05 bits per heavy atom. The number of hydroxylamine groups is 2. The van der Waals surface area contributed by atoms with Gasteiger partial charge in [-0.1, -0.05) is 0 Å². The standard InChI is InChI=1S/C10H10F3NO7S/c11-10(12,13)22(19,20)21-14-8(17)4-2-1-3(5(4)9(14)18)7(16)6(2)15/h2-7,15-16H,1H2. The summed E-state index contributed by atoms with van der Waals surface area (Å²) in [5, 5.41) is 19.0. The Labute approximate surface area is 121 Å². The zero-order valence-corrected chi connectivity index (χ0v) is 11.4. The second kappa shape index (κ2) is 4.40. The van der Waals surface area contributed by atoms with Crippen molar-refractivity contribution in [3.05, 3.63) is 0 Å². The molecule has 22 heavy (non-hydrogen) atoms. The summed E-state index contributed by atoms with van der Waals surface area (Å²) in [6.45, 7) is 0. The number of nitrogens with zero attached hydrogens (tertiary/aromatic N) is 1. The molecule has 1 heterocycles. The van der Waals surface area contributed by atoms with Gasteiger partial charge in [-0.2, -0.15) is 21.6 Å². The summed E-state index contributed by atoms with van der Waals surface area (Å²) in [4.78, 5) is 24.0. The van der Waals surface area contributed by atoms with E-state index in [2.05, 4.69) is 4.28 Å². The van der Waals surface area contributed by atoms with Crippen molar-refractivity contribution in [1.29, 1.82) is 0 Å². The van der Waals surface area contributed by atoms with Crippen molar-refractivity contribution in [2.24, 2.45) is 23.7 Å². The van der Waals surface area contributed by atoms with Gasteiger partial charge in [-0.25, -0.2) is 0 Å². The van der Waals surface area contributed by atoms with Gasteiger partial charge in [-0.05, 0) is 6.42 Å². The van der Waals surface area contributed by atoms with Crippen LogP contribution in [-0.2, 0) is 24.0 Å². The van der Waals surface area contributed by atoms with Crippen LogP contribution in [0.1, 0.15) is 6.42 Å². The first kappa shape index (κ1) is 15.6. The van der Waals surface area contributed by atoms with Gasteiger partial charge in [0.15, 0.2) is 0 Å². The van der Waals surface area contributed by atoms with Gasteiger partial charge in [0.25, 0.3) is 11.8 Å². The third-order valence-corrected chi connectivity index (χ3v) is 5.42. The van der Waals surface area contributed by atoms with E-state index in [1.165, 1.54) is 0 Å². The predicted octanol–water partition coefficient (Wildman–Crippen LogP) is -1.26. The molecule has 3 rings (SSSR count). The van der Waals surface area contributed by atoms with E-state index in [1.54, 1.807) is 0 Å². The number of carbonyl (C=O) groups excluding carboxylic acids is 2. The smallest absolute Gasteiger partial charge is 0.390 e. The van der Waals surface area contributed by atoms with Crippen molar-refractivity contribution in [2.45, 2.75) is 24.1 Å². The van der Waals surface area contributed by atoms with Gasteiger partial charge in [-0.15, -0.1) is 9.35 Å². The third-order valence-electron chi connectivity index (χ3n) is 4.51. The first-order valence-electron chi connectivity index (χ1n) is 6.22. The normalized spacial score (nSPS) is 41.4. The molecule has 2 saturated carbocycles. The summed E-state index contributed by atoms with van der Waals surface area (Å²) >= 11 is 0. The van der Waals surface area contributed by atoms with Gasteiger partial charge >= 0.3 is 15.6 Å². The van der Waals surface area contributed by atoms with Gasteiger partial charge in [0.05, 0.1) is 24.0 Å². The van der Waals surface area contributed by atoms with Crippen molar-refractivity contribution < 1.29 is 45.7 Å². The molecule has 2 N–H and O–H groups in total. The lowest BCUT2D eigenvalue weighted by Crippen LogP contribution is -2.43. The molecule has 2 bridgehead atoms. The maximum atomic E-state index is 12.3. The number of aliphatic hydroxyl groups is 2. The van der Waals surface area contributed by atoms with Crippen molar-refractivity contribution >= 4 is 21.9 Å². The summed E-state index contributed by atoms with van der Waals surface area (Å²) in [5.74, 6) is -6.49. The van der Waals surface area contributed by atoms with E-state index in [0.29, 0.717) is 0 Å². The summed E-state index contributed by atoms with van der Waals surface area (Å²) in [7, 11) is -6.16. The molecule has 1 saturated heterocycles. The second-order valence-corrected chi connectivity index (χ2v) is 7.06. The number of imide groups is 1. The molecular weight excluding hydrogens is 335 g/mol. The lowest BCUT2D eigenvalue weighted by molar-refractivity contribution is -0.169. The lowest BCUT2D eigenvalue weighted by Gasteiger charge is -2.28. The molecule has 6 atom stereocenters. The predicted molar refractivity (Wildman–Crippen MR) is 58.5 cm³/mol. The Bertz CT molecular complexity index is 615. The van der Waals surface area contributed by atoms with Crippen LogP contribution in [0.3, 0.4) is 0 Å². The Morgan fingerprint density at radius 2 is 1.45 bits per heavy atom. The van der Waals surface area contributed by atoms with E-state index in [-0.39, 0.29) is 6.42 Å². The van der Waals surface area contributed by atoms with Crippen LogP contribution < -0.4 is 0 Å². The number of aliphatic hydroxyl groups excluding tert-OH is 2. The molecule has 124 valence electrons. The Kier molecular flexibility index (Phi) is 3.13. The summed E-state index contributed by atoms with van der Waals surface area (Å²) < 4.78 is 62.3. The number of fused-ring (bicyclic) bond motifs is 5. The van der Waals surface area contributed by atoms with E-state index < -0.39 is 68.4 Å². The fourth-order valence-corrected chi connectivity index (χ4v) is 4.04. The highest BCUT2D eigenvalue weighted by Crippen LogP contribution is 2.56. The first-order valence-corrected chi connectivity index (χ1v) is 7.63. The highest BCUT2D eigenvalue weighted by Gasteiger charge is 2.68. The maximum Gasteiger partial charge on any atom is 0.525 e. The van der Waals surface area contributed by atoms with Gasteiger partial charge in [0.1, 0.15) is 0 Å². The second-order valence-electron chi connectivity index (χ2n) is 5.54. The number of carbonyl (C=O) groups is 2. The number of hydrogen-bond donors (Lipinski definition) is 2. The average Bonchev–Trinajstić information content (AvgIpc) is 2.97. The molecule has 0 spiro atoms. The minimum absolute atomic E-state index is 0.162. The molecule has 8 nitrogen and oxygen atoms in total. The SMILES string of the molecule is O=C1C2C3CC(C(O)C3O)C2C(=O)N1OS(=O)(=O)C(F)(F)F. The van der Waals surface area contributed by atoms with Crippen molar-refractivity contribution in [3.8, 4) is 0 Å². The zero-order valence-electron chi connectivity index (χ0n) is 10.6. The van der Waals surface area contributed by atoms with Crippen molar-refractivity contribution in [3.63, 3.8) is 0 Å². The van der Waals surface area contributed by atoms with Crippen molar-refractivity contribution in [2.75, 3.05) is 0 Å². The summed E-state index contributed by atoms with van der Waals surface area (Å²) in [6.07, 6.45) is -2.42. The minimum atomic E-state index is -6.16. The van der Waals surface area contributed by atoms with Crippen molar-refractivity contribution in [1.82, 2.24) is 5.06 Å². The van der Waals surface area contributed by atoms with E-state index in [0.717, 1.165) is 0 Å². The molecule has 0 aromatic carbocycles. The van der Waals surface area contributed by atoms with Crippen LogP contribution in [-0.4, -0.2) is 53.2 Å². The topological polar surface area (TPSA) is 121 Å². The molecule has 12 heteroatoms. The van der Waals surface area contributed by atoms with E-state index >= 15 is 0 Å². The first-order chi connectivity index (χ1) is 9.97. The molecule has 2 aliphatic carbocycles. The Morgan fingerprint density at radius 3 is 1.82 bits per heavy atom. The van der Waals surface area contributed by atoms with Gasteiger partial charge in [0, 0.05) is 11.8 Å². The van der Waals surface area contributed by atoms with Crippen LogP contribution in [0.2, 0.25) is 0 Å². The van der Waals surface area contributed by atoms with Gasteiger partial charge < -0.3 is 10.2 Å². The monoisotopic (exact) mass is 345 g/mol. The third kappa shape index (κ3) is 1.84. The van der Waals surface area contributed by atoms with E-state index in [1.807, 2.05) is 0 Å². The summed E-state index contributed by atoms with van der Waals surface area (Å²) in [5.41, 5.74) is -5.79. The largest absolute Gasteiger partial charge is 0.525 e. The van der Waals surface area contributed by atoms with Crippen LogP contribution in [0.4, 0.5) is 13.2 Å². The van der Waals surface area contributed by atoms with Crippen LogP contribution in [0.25, 0.3) is 0 Å². The van der Waals surface area contributed by atoms with Gasteiger partial charge in [-0.3, -0.25) is 9.59 Å². The van der Waals surface area contributed by atoms with Crippen LogP contribution in [0.5, 0.6) is 0 Å². The van der Waals surface area contributed by atoms with E-state index in [9.17, 15) is 41.4 Å². The highest BCUT2D eigenvalue weighted by molar-refractivity contribution is 7.87. The molecule has 6 unspecified atom stereocenters. The van der Waals surface area contributed by atoms with E-state index in [4.69, 9.17) is 0 Å². The molecule has 3 aliphatic rings.